The molecule has 2 N–H and O–H groups in total. The summed E-state index contributed by atoms with van der Waals surface area (Å²) in [7, 11) is 1.63. The van der Waals surface area contributed by atoms with Gasteiger partial charge < -0.3 is 15.2 Å². The molecule has 1 aromatic carbocycles. The van der Waals surface area contributed by atoms with E-state index in [1.54, 1.807) is 7.05 Å². The van der Waals surface area contributed by atoms with Crippen LogP contribution in [0.25, 0.3) is 0 Å². The van der Waals surface area contributed by atoms with Crippen LogP contribution in [0.5, 0.6) is 5.75 Å². The number of aliphatic hydroxyl groups excluding tert-OH is 1. The van der Waals surface area contributed by atoms with Gasteiger partial charge in [0.25, 0.3) is 0 Å². The van der Waals surface area contributed by atoms with Crippen molar-refractivity contribution in [3.05, 3.63) is 29.8 Å². The summed E-state index contributed by atoms with van der Waals surface area (Å²) in [5.74, 6) is 0.829. The molecule has 0 saturated heterocycles. The lowest BCUT2D eigenvalue weighted by atomic mass is 10.1. The van der Waals surface area contributed by atoms with E-state index in [2.05, 4.69) is 5.32 Å². The lowest BCUT2D eigenvalue weighted by Crippen LogP contribution is -2.18. The Morgan fingerprint density at radius 1 is 1.35 bits per heavy atom. The van der Waals surface area contributed by atoms with E-state index in [-0.39, 0.29) is 12.5 Å². The molecule has 17 heavy (non-hydrogen) atoms. The molecule has 0 saturated carbocycles. The Kier molecular flexibility index (Phi) is 6.10. The maximum absolute atomic E-state index is 10.9. The van der Waals surface area contributed by atoms with Crippen LogP contribution in [0, 0.1) is 0 Å². The minimum atomic E-state index is 0.0342. The van der Waals surface area contributed by atoms with E-state index in [1.807, 2.05) is 24.3 Å². The molecule has 1 amide bonds. The normalized spacial score (nSPS) is 10.0. The van der Waals surface area contributed by atoms with Crippen LogP contribution >= 0.6 is 0 Å². The van der Waals surface area contributed by atoms with Crippen LogP contribution in [0.3, 0.4) is 0 Å². The SMILES string of the molecule is CNC(=O)CCCOc1ccc(CCO)cc1. The minimum Gasteiger partial charge on any atom is -0.494 e. The number of nitrogens with one attached hydrogen (secondary N) is 1. The van der Waals surface area contributed by atoms with Crippen molar-refractivity contribution in [2.45, 2.75) is 19.3 Å². The second kappa shape index (κ2) is 7.68. The van der Waals surface area contributed by atoms with E-state index >= 15 is 0 Å². The van der Waals surface area contributed by atoms with Crippen LogP contribution in [-0.4, -0.2) is 31.3 Å². The number of benzene rings is 1. The summed E-state index contributed by atoms with van der Waals surface area (Å²) in [5, 5.41) is 11.3. The maximum atomic E-state index is 10.9. The molecule has 0 atom stereocenters. The van der Waals surface area contributed by atoms with E-state index in [9.17, 15) is 4.79 Å². The fourth-order valence-electron chi connectivity index (χ4n) is 1.43. The van der Waals surface area contributed by atoms with E-state index in [0.717, 1.165) is 11.3 Å². The highest BCUT2D eigenvalue weighted by Crippen LogP contribution is 2.12. The van der Waals surface area contributed by atoms with Gasteiger partial charge in [-0.05, 0) is 30.5 Å². The number of hydrogen-bond donors (Lipinski definition) is 2. The van der Waals surface area contributed by atoms with Gasteiger partial charge in [-0.2, -0.15) is 0 Å². The quantitative estimate of drug-likeness (QED) is 0.699. The zero-order chi connectivity index (χ0) is 12.5. The minimum absolute atomic E-state index is 0.0342. The van der Waals surface area contributed by atoms with Crippen molar-refractivity contribution in [2.24, 2.45) is 0 Å². The van der Waals surface area contributed by atoms with Crippen molar-refractivity contribution < 1.29 is 14.6 Å². The molecule has 1 aromatic rings. The summed E-state index contributed by atoms with van der Waals surface area (Å²) in [6, 6.07) is 7.63. The Bertz CT molecular complexity index is 335. The highest BCUT2D eigenvalue weighted by atomic mass is 16.5. The molecule has 0 heterocycles. The molecular weight excluding hydrogens is 218 g/mol. The third-order valence-corrected chi connectivity index (χ3v) is 2.42. The number of aliphatic hydroxyl groups is 1. The van der Waals surface area contributed by atoms with Crippen molar-refractivity contribution in [3.8, 4) is 5.75 Å². The van der Waals surface area contributed by atoms with Gasteiger partial charge in [0.15, 0.2) is 0 Å². The first kappa shape index (κ1) is 13.5. The first-order valence-electron chi connectivity index (χ1n) is 5.79. The fraction of sp³-hybridized carbons (Fsp3) is 0.462. The molecule has 0 aliphatic carbocycles. The predicted octanol–water partition coefficient (Wildman–Crippen LogP) is 1.13. The summed E-state index contributed by atoms with van der Waals surface area (Å²) in [4.78, 5) is 10.9. The number of ether oxygens (including phenoxy) is 1. The summed E-state index contributed by atoms with van der Waals surface area (Å²) in [6.45, 7) is 0.694. The number of rotatable bonds is 7. The van der Waals surface area contributed by atoms with Crippen LogP contribution in [-0.2, 0) is 11.2 Å². The van der Waals surface area contributed by atoms with Crippen molar-refractivity contribution >= 4 is 5.91 Å². The van der Waals surface area contributed by atoms with Crippen LogP contribution in [0.2, 0.25) is 0 Å². The van der Waals surface area contributed by atoms with Crippen molar-refractivity contribution in [2.75, 3.05) is 20.3 Å². The van der Waals surface area contributed by atoms with Crippen LogP contribution < -0.4 is 10.1 Å². The van der Waals surface area contributed by atoms with Gasteiger partial charge in [-0.3, -0.25) is 4.79 Å². The number of amides is 1. The highest BCUT2D eigenvalue weighted by molar-refractivity contribution is 5.75. The Hall–Kier alpha value is -1.55. The topological polar surface area (TPSA) is 58.6 Å². The monoisotopic (exact) mass is 237 g/mol. The average Bonchev–Trinajstić information content (AvgIpc) is 2.36. The van der Waals surface area contributed by atoms with E-state index < -0.39 is 0 Å². The maximum Gasteiger partial charge on any atom is 0.219 e. The van der Waals surface area contributed by atoms with Gasteiger partial charge in [-0.25, -0.2) is 0 Å². The van der Waals surface area contributed by atoms with Crippen molar-refractivity contribution in [1.82, 2.24) is 5.32 Å². The predicted molar refractivity (Wildman–Crippen MR) is 66.0 cm³/mol. The Balaban J connectivity index is 2.25. The van der Waals surface area contributed by atoms with Gasteiger partial charge in [-0.1, -0.05) is 12.1 Å². The molecule has 94 valence electrons. The lowest BCUT2D eigenvalue weighted by molar-refractivity contribution is -0.120. The second-order valence-electron chi connectivity index (χ2n) is 3.74. The molecule has 0 bridgehead atoms. The van der Waals surface area contributed by atoms with Gasteiger partial charge in [-0.15, -0.1) is 0 Å². The van der Waals surface area contributed by atoms with Crippen LogP contribution in [0.4, 0.5) is 0 Å². The lowest BCUT2D eigenvalue weighted by Gasteiger charge is -2.06. The zero-order valence-corrected chi connectivity index (χ0v) is 10.1. The summed E-state index contributed by atoms with van der Waals surface area (Å²) < 4.78 is 5.49. The van der Waals surface area contributed by atoms with Gasteiger partial charge in [0.1, 0.15) is 5.75 Å². The van der Waals surface area contributed by atoms with Gasteiger partial charge in [0, 0.05) is 20.1 Å². The molecule has 0 radical (unpaired) electrons. The molecule has 0 fully saturated rings. The van der Waals surface area contributed by atoms with E-state index in [4.69, 9.17) is 9.84 Å². The molecule has 0 aliphatic rings. The summed E-state index contributed by atoms with van der Waals surface area (Å²) in [6.07, 6.45) is 1.86. The van der Waals surface area contributed by atoms with Crippen molar-refractivity contribution in [3.63, 3.8) is 0 Å². The Labute approximate surface area is 102 Å². The van der Waals surface area contributed by atoms with Gasteiger partial charge in [0.2, 0.25) is 5.91 Å². The molecule has 0 aliphatic heterocycles. The molecule has 0 aromatic heterocycles. The Morgan fingerprint density at radius 3 is 2.65 bits per heavy atom. The number of carbonyl (C=O) groups is 1. The van der Waals surface area contributed by atoms with Gasteiger partial charge >= 0.3 is 0 Å². The fourth-order valence-corrected chi connectivity index (χ4v) is 1.43. The van der Waals surface area contributed by atoms with Crippen LogP contribution in [0.15, 0.2) is 24.3 Å². The number of carbonyl (C=O) groups excluding carboxylic acids is 1. The van der Waals surface area contributed by atoms with Crippen LogP contribution in [0.1, 0.15) is 18.4 Å². The average molecular weight is 237 g/mol. The number of hydrogen-bond acceptors (Lipinski definition) is 3. The second-order valence-corrected chi connectivity index (χ2v) is 3.74. The van der Waals surface area contributed by atoms with E-state index in [1.165, 1.54) is 0 Å². The molecule has 4 nitrogen and oxygen atoms in total. The third-order valence-electron chi connectivity index (χ3n) is 2.42. The van der Waals surface area contributed by atoms with Gasteiger partial charge in [0.05, 0.1) is 6.61 Å². The first-order chi connectivity index (χ1) is 8.26. The molecule has 0 unspecified atom stereocenters. The molecule has 4 heteroatoms. The summed E-state index contributed by atoms with van der Waals surface area (Å²) in [5.41, 5.74) is 1.09. The van der Waals surface area contributed by atoms with E-state index in [0.29, 0.717) is 25.9 Å². The Morgan fingerprint density at radius 2 is 2.06 bits per heavy atom. The zero-order valence-electron chi connectivity index (χ0n) is 10.1. The molecular formula is C13H19NO3. The molecule has 0 spiro atoms. The molecule has 1 rings (SSSR count). The third kappa shape index (κ3) is 5.36. The largest absolute Gasteiger partial charge is 0.494 e. The van der Waals surface area contributed by atoms with Crippen molar-refractivity contribution in [1.29, 1.82) is 0 Å². The summed E-state index contributed by atoms with van der Waals surface area (Å²) >= 11 is 0. The first-order valence-corrected chi connectivity index (χ1v) is 5.79. The standard InChI is InChI=1S/C13H19NO3/c1-14-13(16)3-2-10-17-12-6-4-11(5-7-12)8-9-15/h4-7,15H,2-3,8-10H2,1H3,(H,14,16). The smallest absolute Gasteiger partial charge is 0.219 e. The highest BCUT2D eigenvalue weighted by Gasteiger charge is 1.99.